The van der Waals surface area contributed by atoms with Crippen LogP contribution in [0.25, 0.3) is 0 Å². The van der Waals surface area contributed by atoms with Crippen LogP contribution in [-0.2, 0) is 28.6 Å². The number of hydrogen-bond acceptors (Lipinski definition) is 6. The van der Waals surface area contributed by atoms with Crippen LogP contribution >= 0.6 is 0 Å². The molecule has 0 fully saturated rings. The van der Waals surface area contributed by atoms with Crippen molar-refractivity contribution in [3.8, 4) is 0 Å². The van der Waals surface area contributed by atoms with Crippen molar-refractivity contribution in [3.05, 3.63) is 60.8 Å². The number of unbranched alkanes of at least 4 members (excludes halogenated alkanes) is 41. The van der Waals surface area contributed by atoms with Crippen molar-refractivity contribution >= 4 is 17.9 Å². The number of carbonyl (C=O) groups excluding carboxylic acids is 3. The molecule has 0 aromatic rings. The lowest BCUT2D eigenvalue weighted by atomic mass is 10.0. The van der Waals surface area contributed by atoms with E-state index in [2.05, 4.69) is 81.5 Å². The smallest absolute Gasteiger partial charge is 0.306 e. The van der Waals surface area contributed by atoms with Gasteiger partial charge in [-0.25, -0.2) is 0 Å². The maximum atomic E-state index is 12.9. The first-order chi connectivity index (χ1) is 38.0. The van der Waals surface area contributed by atoms with Crippen LogP contribution in [-0.4, -0.2) is 37.2 Å². The van der Waals surface area contributed by atoms with Gasteiger partial charge in [-0.2, -0.15) is 0 Å². The minimum Gasteiger partial charge on any atom is -0.462 e. The van der Waals surface area contributed by atoms with E-state index in [1.165, 1.54) is 231 Å². The molecule has 77 heavy (non-hydrogen) atoms. The third-order valence-electron chi connectivity index (χ3n) is 15.0. The molecule has 0 radical (unpaired) electrons. The van der Waals surface area contributed by atoms with Crippen LogP contribution in [0.4, 0.5) is 0 Å². The van der Waals surface area contributed by atoms with Gasteiger partial charge in [0.15, 0.2) is 6.10 Å². The van der Waals surface area contributed by atoms with Gasteiger partial charge in [-0.3, -0.25) is 14.4 Å². The number of hydrogen-bond donors (Lipinski definition) is 0. The Hall–Kier alpha value is -2.89. The standard InChI is InChI=1S/C71H128O6/c1-4-7-10-13-16-19-22-25-28-31-32-33-34-35-36-37-38-41-43-46-49-52-55-58-61-64-70(73)76-67-68(77-71(74)65-62-59-56-53-50-47-44-40-30-27-24-21-18-15-12-9-6-3)66-75-69(72)63-60-57-54-51-48-45-42-39-29-26-23-20-17-14-11-8-5-2/h17-18,20-21,26-27,29-32,68H,4-16,19,22-25,28,33-67H2,1-3H3/b20-17-,21-18-,29-26-,30-27-,32-31-. The summed E-state index contributed by atoms with van der Waals surface area (Å²) in [6.45, 7) is 6.63. The van der Waals surface area contributed by atoms with Gasteiger partial charge in [0, 0.05) is 19.3 Å². The molecule has 0 rings (SSSR count). The number of allylic oxidation sites excluding steroid dienone is 10. The van der Waals surface area contributed by atoms with Crippen LogP contribution in [0.3, 0.4) is 0 Å². The van der Waals surface area contributed by atoms with E-state index in [4.69, 9.17) is 14.2 Å². The third-order valence-corrected chi connectivity index (χ3v) is 15.0. The fraction of sp³-hybridized carbons (Fsp3) is 0.817. The summed E-state index contributed by atoms with van der Waals surface area (Å²) in [6, 6.07) is 0. The lowest BCUT2D eigenvalue weighted by molar-refractivity contribution is -0.167. The lowest BCUT2D eigenvalue weighted by Gasteiger charge is -2.18. The van der Waals surface area contributed by atoms with Crippen molar-refractivity contribution in [2.24, 2.45) is 0 Å². The molecule has 0 amide bonds. The first-order valence-corrected chi connectivity index (χ1v) is 33.8. The topological polar surface area (TPSA) is 78.9 Å². The van der Waals surface area contributed by atoms with E-state index >= 15 is 0 Å². The Morgan fingerprint density at radius 2 is 0.468 bits per heavy atom. The summed E-state index contributed by atoms with van der Waals surface area (Å²) in [5.41, 5.74) is 0. The van der Waals surface area contributed by atoms with Crippen LogP contribution < -0.4 is 0 Å². The first-order valence-electron chi connectivity index (χ1n) is 33.8. The molecule has 0 spiro atoms. The molecule has 0 N–H and O–H groups in total. The van der Waals surface area contributed by atoms with E-state index in [-0.39, 0.29) is 31.1 Å². The zero-order valence-corrected chi connectivity index (χ0v) is 51.5. The number of carbonyl (C=O) groups is 3. The number of esters is 3. The Kier molecular flexibility index (Phi) is 63.2. The normalized spacial score (nSPS) is 12.4. The average Bonchev–Trinajstić information content (AvgIpc) is 3.43. The number of rotatable bonds is 62. The van der Waals surface area contributed by atoms with Crippen molar-refractivity contribution in [1.29, 1.82) is 0 Å². The average molecular weight is 1080 g/mol. The maximum Gasteiger partial charge on any atom is 0.306 e. The number of ether oxygens (including phenoxy) is 3. The molecule has 6 nitrogen and oxygen atoms in total. The molecule has 6 heteroatoms. The fourth-order valence-electron chi connectivity index (χ4n) is 9.85. The Labute approximate surface area is 479 Å². The highest BCUT2D eigenvalue weighted by Crippen LogP contribution is 2.17. The van der Waals surface area contributed by atoms with E-state index in [1.807, 2.05) is 0 Å². The van der Waals surface area contributed by atoms with Crippen LogP contribution in [0, 0.1) is 0 Å². The second kappa shape index (κ2) is 65.6. The fourth-order valence-corrected chi connectivity index (χ4v) is 9.85. The molecule has 1 atom stereocenters. The summed E-state index contributed by atoms with van der Waals surface area (Å²) in [7, 11) is 0. The molecule has 0 saturated heterocycles. The van der Waals surface area contributed by atoms with Gasteiger partial charge in [0.05, 0.1) is 0 Å². The molecule has 0 saturated carbocycles. The lowest BCUT2D eigenvalue weighted by Crippen LogP contribution is -2.30. The quantitative estimate of drug-likeness (QED) is 0.0261. The zero-order valence-electron chi connectivity index (χ0n) is 51.5. The molecule has 0 aliphatic heterocycles. The molecule has 0 aromatic carbocycles. The van der Waals surface area contributed by atoms with Crippen molar-refractivity contribution in [2.75, 3.05) is 13.2 Å². The molecular formula is C71H128O6. The van der Waals surface area contributed by atoms with Crippen LogP contribution in [0.2, 0.25) is 0 Å². The van der Waals surface area contributed by atoms with E-state index in [0.29, 0.717) is 19.3 Å². The van der Waals surface area contributed by atoms with Gasteiger partial charge >= 0.3 is 17.9 Å². The van der Waals surface area contributed by atoms with Gasteiger partial charge in [-0.1, -0.05) is 287 Å². The second-order valence-corrected chi connectivity index (χ2v) is 22.7. The summed E-state index contributed by atoms with van der Waals surface area (Å²) in [5, 5.41) is 0. The maximum absolute atomic E-state index is 12.9. The second-order valence-electron chi connectivity index (χ2n) is 22.7. The molecule has 0 aromatic heterocycles. The predicted octanol–water partition coefficient (Wildman–Crippen LogP) is 23.1. The molecule has 0 heterocycles. The molecular weight excluding hydrogens is 949 g/mol. The Balaban J connectivity index is 4.31. The van der Waals surface area contributed by atoms with Gasteiger partial charge in [-0.15, -0.1) is 0 Å². The molecule has 0 aliphatic rings. The van der Waals surface area contributed by atoms with Gasteiger partial charge in [0.1, 0.15) is 13.2 Å². The van der Waals surface area contributed by atoms with Crippen LogP contribution in [0.1, 0.15) is 355 Å². The largest absolute Gasteiger partial charge is 0.462 e. The highest BCUT2D eigenvalue weighted by molar-refractivity contribution is 5.71. The summed E-state index contributed by atoms with van der Waals surface area (Å²) in [4.78, 5) is 38.4. The molecule has 1 unspecified atom stereocenters. The minimum absolute atomic E-state index is 0.0778. The van der Waals surface area contributed by atoms with Crippen molar-refractivity contribution in [2.45, 2.75) is 361 Å². The summed E-state index contributed by atoms with van der Waals surface area (Å²) < 4.78 is 17.0. The monoisotopic (exact) mass is 1080 g/mol. The van der Waals surface area contributed by atoms with Crippen LogP contribution in [0.5, 0.6) is 0 Å². The van der Waals surface area contributed by atoms with Crippen molar-refractivity contribution in [3.63, 3.8) is 0 Å². The van der Waals surface area contributed by atoms with E-state index in [0.717, 1.165) is 83.5 Å². The molecule has 0 aliphatic carbocycles. The minimum atomic E-state index is -0.783. The predicted molar refractivity (Wildman–Crippen MR) is 335 cm³/mol. The van der Waals surface area contributed by atoms with Crippen LogP contribution in [0.15, 0.2) is 60.8 Å². The highest BCUT2D eigenvalue weighted by atomic mass is 16.6. The van der Waals surface area contributed by atoms with E-state index < -0.39 is 6.10 Å². The van der Waals surface area contributed by atoms with Gasteiger partial charge in [-0.05, 0) is 109 Å². The molecule has 448 valence electrons. The van der Waals surface area contributed by atoms with Crippen molar-refractivity contribution in [1.82, 2.24) is 0 Å². The highest BCUT2D eigenvalue weighted by Gasteiger charge is 2.19. The Morgan fingerprint density at radius 3 is 0.753 bits per heavy atom. The van der Waals surface area contributed by atoms with Crippen molar-refractivity contribution < 1.29 is 28.6 Å². The summed E-state index contributed by atoms with van der Waals surface area (Å²) in [6.07, 6.45) is 83.7. The summed E-state index contributed by atoms with van der Waals surface area (Å²) >= 11 is 0. The van der Waals surface area contributed by atoms with Gasteiger partial charge in [0.25, 0.3) is 0 Å². The van der Waals surface area contributed by atoms with Gasteiger partial charge in [0.2, 0.25) is 0 Å². The zero-order chi connectivity index (χ0) is 55.7. The van der Waals surface area contributed by atoms with Gasteiger partial charge < -0.3 is 14.2 Å². The Bertz CT molecular complexity index is 1380. The Morgan fingerprint density at radius 1 is 0.260 bits per heavy atom. The van der Waals surface area contributed by atoms with E-state index in [1.54, 1.807) is 0 Å². The summed E-state index contributed by atoms with van der Waals surface area (Å²) in [5.74, 6) is -0.875. The SMILES string of the molecule is CCCCC/C=C\C/C=C\CCCCCCCCCC(=O)OCC(COC(=O)CCCCCCCCCCCCCCC/C=C\CCCCCCCCCC)OC(=O)CCCCCCCCC/C=C\C/C=C\CCCCC. The van der Waals surface area contributed by atoms with E-state index in [9.17, 15) is 14.4 Å². The molecule has 0 bridgehead atoms. The third kappa shape index (κ3) is 63.8. The first kappa shape index (κ1) is 74.1.